The van der Waals surface area contributed by atoms with Crippen molar-refractivity contribution in [3.05, 3.63) is 182 Å². The summed E-state index contributed by atoms with van der Waals surface area (Å²) in [4.78, 5) is 10.3. The number of benzene rings is 7. The molecule has 0 aliphatic carbocycles. The number of nitrogens with zero attached hydrogens (tertiary/aromatic N) is 4. The van der Waals surface area contributed by atoms with Gasteiger partial charge in [0, 0.05) is 43.9 Å². The molecule has 0 N–H and O–H groups in total. The molecule has 4 heteroatoms. The molecular weight excluding hydrogens is 609 g/mol. The van der Waals surface area contributed by atoms with E-state index in [0.29, 0.717) is 5.82 Å². The van der Waals surface area contributed by atoms with Crippen LogP contribution in [0.3, 0.4) is 0 Å². The van der Waals surface area contributed by atoms with Crippen LogP contribution in [0.5, 0.6) is 0 Å². The lowest BCUT2D eigenvalue weighted by atomic mass is 10.0. The van der Waals surface area contributed by atoms with Crippen molar-refractivity contribution in [3.63, 3.8) is 0 Å². The number of hydrogen-bond acceptors (Lipinski definition) is 2. The lowest BCUT2D eigenvalue weighted by molar-refractivity contribution is 1.15. The van der Waals surface area contributed by atoms with Crippen molar-refractivity contribution >= 4 is 43.6 Å². The van der Waals surface area contributed by atoms with Gasteiger partial charge in [-0.1, -0.05) is 140 Å². The largest absolute Gasteiger partial charge is 0.309 e. The van der Waals surface area contributed by atoms with Crippen LogP contribution in [0.25, 0.3) is 88.9 Å². The van der Waals surface area contributed by atoms with Gasteiger partial charge >= 0.3 is 0 Å². The van der Waals surface area contributed by atoms with Crippen LogP contribution >= 0.6 is 0 Å². The van der Waals surface area contributed by atoms with Crippen LogP contribution < -0.4 is 0 Å². The zero-order valence-corrected chi connectivity index (χ0v) is 27.1. The number of aromatic nitrogens is 4. The normalized spacial score (nSPS) is 11.6. The third-order valence-corrected chi connectivity index (χ3v) is 9.73. The minimum atomic E-state index is 0.702. The molecule has 0 amide bonds. The van der Waals surface area contributed by atoms with E-state index >= 15 is 0 Å². The SMILES string of the molecule is c1ccc(-c2cc(-c3ccccc3-n3c4ccccc4c4c3ccc3c5ccccc5n(-c5ccccc5)c34)nc(-c3ccccc3)n2)cc1. The van der Waals surface area contributed by atoms with E-state index in [-0.39, 0.29) is 0 Å². The zero-order valence-electron chi connectivity index (χ0n) is 27.1. The van der Waals surface area contributed by atoms with Gasteiger partial charge in [-0.2, -0.15) is 0 Å². The van der Waals surface area contributed by atoms with Crippen molar-refractivity contribution in [1.82, 2.24) is 19.1 Å². The predicted octanol–water partition coefficient (Wildman–Crippen LogP) is 11.7. The summed E-state index contributed by atoms with van der Waals surface area (Å²) >= 11 is 0. The molecule has 7 aromatic carbocycles. The summed E-state index contributed by atoms with van der Waals surface area (Å²) < 4.78 is 4.84. The average molecular weight is 639 g/mol. The fourth-order valence-corrected chi connectivity index (χ4v) is 7.56. The maximum atomic E-state index is 5.23. The minimum Gasteiger partial charge on any atom is -0.309 e. The molecule has 10 rings (SSSR count). The molecule has 0 spiro atoms. The summed E-state index contributed by atoms with van der Waals surface area (Å²) in [5, 5.41) is 4.92. The van der Waals surface area contributed by atoms with Crippen molar-refractivity contribution in [2.45, 2.75) is 0 Å². The van der Waals surface area contributed by atoms with Crippen molar-refractivity contribution in [2.75, 3.05) is 0 Å². The zero-order chi connectivity index (χ0) is 33.0. The molecular formula is C46H30N4. The number of para-hydroxylation sites is 4. The molecule has 0 bridgehead atoms. The second-order valence-electron chi connectivity index (χ2n) is 12.6. The number of rotatable bonds is 5. The smallest absolute Gasteiger partial charge is 0.160 e. The molecule has 50 heavy (non-hydrogen) atoms. The van der Waals surface area contributed by atoms with Crippen LogP contribution in [-0.4, -0.2) is 19.1 Å². The molecule has 4 nitrogen and oxygen atoms in total. The van der Waals surface area contributed by atoms with Crippen LogP contribution in [0.15, 0.2) is 182 Å². The van der Waals surface area contributed by atoms with Crippen LogP contribution in [0, 0.1) is 0 Å². The Balaban J connectivity index is 1.29. The Bertz CT molecular complexity index is 2790. The van der Waals surface area contributed by atoms with Gasteiger partial charge in [0.2, 0.25) is 0 Å². The molecule has 0 saturated carbocycles. The summed E-state index contributed by atoms with van der Waals surface area (Å²) in [6, 6.07) is 64.2. The van der Waals surface area contributed by atoms with Gasteiger partial charge in [0.05, 0.1) is 39.1 Å². The molecule has 0 saturated heterocycles. The van der Waals surface area contributed by atoms with E-state index in [1.54, 1.807) is 0 Å². The second-order valence-corrected chi connectivity index (χ2v) is 12.6. The Morgan fingerprint density at radius 3 is 1.72 bits per heavy atom. The third kappa shape index (κ3) is 4.39. The lowest BCUT2D eigenvalue weighted by Crippen LogP contribution is -2.00. The van der Waals surface area contributed by atoms with E-state index < -0.39 is 0 Å². The average Bonchev–Trinajstić information content (AvgIpc) is 3.72. The maximum absolute atomic E-state index is 5.23. The fraction of sp³-hybridized carbons (Fsp3) is 0. The van der Waals surface area contributed by atoms with E-state index in [1.807, 2.05) is 24.3 Å². The molecule has 3 aromatic heterocycles. The molecule has 10 aromatic rings. The van der Waals surface area contributed by atoms with Crippen molar-refractivity contribution in [1.29, 1.82) is 0 Å². The van der Waals surface area contributed by atoms with Gasteiger partial charge in [-0.15, -0.1) is 0 Å². The maximum Gasteiger partial charge on any atom is 0.160 e. The molecule has 3 heterocycles. The van der Waals surface area contributed by atoms with Crippen molar-refractivity contribution < 1.29 is 0 Å². The van der Waals surface area contributed by atoms with Gasteiger partial charge < -0.3 is 9.13 Å². The molecule has 0 fully saturated rings. The van der Waals surface area contributed by atoms with E-state index in [9.17, 15) is 0 Å². The Hall–Kier alpha value is -6.78. The van der Waals surface area contributed by atoms with Crippen LogP contribution in [-0.2, 0) is 0 Å². The topological polar surface area (TPSA) is 35.6 Å². The Kier molecular flexibility index (Phi) is 6.46. The molecule has 0 unspecified atom stereocenters. The van der Waals surface area contributed by atoms with Crippen LogP contribution in [0.1, 0.15) is 0 Å². The first kappa shape index (κ1) is 28.3. The van der Waals surface area contributed by atoms with Crippen molar-refractivity contribution in [2.24, 2.45) is 0 Å². The standard InChI is InChI=1S/C46H30N4/c1-4-16-31(17-5-1)38-30-39(48-46(47-38)32-18-6-2-7-19-32)36-23-11-14-26-41(36)50-42-27-15-12-24-37(42)44-43(50)29-28-35-34-22-10-13-25-40(34)49(45(35)44)33-20-8-3-9-21-33/h1-30H. The Morgan fingerprint density at radius 1 is 0.380 bits per heavy atom. The molecule has 234 valence electrons. The molecule has 0 radical (unpaired) electrons. The molecule has 0 aliphatic heterocycles. The van der Waals surface area contributed by atoms with E-state index in [2.05, 4.69) is 167 Å². The Labute approximate surface area is 289 Å². The summed E-state index contributed by atoms with van der Waals surface area (Å²) in [6.07, 6.45) is 0. The summed E-state index contributed by atoms with van der Waals surface area (Å²) in [7, 11) is 0. The number of fused-ring (bicyclic) bond motifs is 7. The monoisotopic (exact) mass is 638 g/mol. The van der Waals surface area contributed by atoms with Crippen LogP contribution in [0.2, 0.25) is 0 Å². The van der Waals surface area contributed by atoms with Crippen LogP contribution in [0.4, 0.5) is 0 Å². The highest BCUT2D eigenvalue weighted by Gasteiger charge is 2.22. The first-order valence-corrected chi connectivity index (χ1v) is 16.9. The van der Waals surface area contributed by atoms with E-state index in [0.717, 1.165) is 50.5 Å². The quantitative estimate of drug-likeness (QED) is 0.188. The predicted molar refractivity (Wildman–Crippen MR) is 207 cm³/mol. The van der Waals surface area contributed by atoms with Gasteiger partial charge in [0.1, 0.15) is 0 Å². The lowest BCUT2D eigenvalue weighted by Gasteiger charge is -2.15. The first-order chi connectivity index (χ1) is 24.8. The first-order valence-electron chi connectivity index (χ1n) is 16.9. The fourth-order valence-electron chi connectivity index (χ4n) is 7.56. The summed E-state index contributed by atoms with van der Waals surface area (Å²) in [5.41, 5.74) is 11.7. The summed E-state index contributed by atoms with van der Waals surface area (Å²) in [5.74, 6) is 0.702. The Morgan fingerprint density at radius 2 is 0.960 bits per heavy atom. The summed E-state index contributed by atoms with van der Waals surface area (Å²) in [6.45, 7) is 0. The highest BCUT2D eigenvalue weighted by Crippen LogP contribution is 2.43. The second kappa shape index (κ2) is 11.4. The highest BCUT2D eigenvalue weighted by molar-refractivity contribution is 6.26. The van der Waals surface area contributed by atoms with E-state index in [4.69, 9.17) is 9.97 Å². The minimum absolute atomic E-state index is 0.702. The highest BCUT2D eigenvalue weighted by atomic mass is 15.0. The van der Waals surface area contributed by atoms with Gasteiger partial charge in [-0.25, -0.2) is 9.97 Å². The third-order valence-electron chi connectivity index (χ3n) is 9.73. The van der Waals surface area contributed by atoms with Crippen molar-refractivity contribution in [3.8, 4) is 45.3 Å². The van der Waals surface area contributed by atoms with Gasteiger partial charge in [0.25, 0.3) is 0 Å². The van der Waals surface area contributed by atoms with Gasteiger partial charge in [-0.3, -0.25) is 0 Å². The molecule has 0 aliphatic rings. The molecule has 0 atom stereocenters. The van der Waals surface area contributed by atoms with E-state index in [1.165, 1.54) is 32.6 Å². The van der Waals surface area contributed by atoms with Gasteiger partial charge in [-0.05, 0) is 42.5 Å². The van der Waals surface area contributed by atoms with Gasteiger partial charge in [0.15, 0.2) is 5.82 Å². The number of hydrogen-bond donors (Lipinski definition) is 0.